The third-order valence-corrected chi connectivity index (χ3v) is 6.53. The molecule has 0 aliphatic carbocycles. The number of hydrogen-bond acceptors (Lipinski definition) is 5. The van der Waals surface area contributed by atoms with Gasteiger partial charge < -0.3 is 24.1 Å². The summed E-state index contributed by atoms with van der Waals surface area (Å²) in [5.41, 5.74) is 4.57. The van der Waals surface area contributed by atoms with Crippen LogP contribution in [0, 0.1) is 0 Å². The van der Waals surface area contributed by atoms with Crippen molar-refractivity contribution in [3.05, 3.63) is 58.1 Å². The maximum absolute atomic E-state index is 11.0. The fraction of sp³-hybridized carbons (Fsp3) is 0.304. The van der Waals surface area contributed by atoms with Gasteiger partial charge in [0.1, 0.15) is 31.1 Å². The summed E-state index contributed by atoms with van der Waals surface area (Å²) in [5, 5.41) is 16.4. The Morgan fingerprint density at radius 3 is 2.84 bits per heavy atom. The molecule has 0 amide bonds. The first kappa shape index (κ1) is 20.2. The lowest BCUT2D eigenvalue weighted by molar-refractivity contribution is -0.908. The molecule has 1 fully saturated rings. The van der Waals surface area contributed by atoms with Gasteiger partial charge in [-0.3, -0.25) is 0 Å². The smallest absolute Gasteiger partial charge is 0.201 e. The predicted octanol–water partition coefficient (Wildman–Crippen LogP) is 2.42. The number of aliphatic imine (C=N–C) groups is 1. The van der Waals surface area contributed by atoms with Crippen LogP contribution in [0.4, 0.5) is 5.69 Å². The van der Waals surface area contributed by atoms with E-state index in [1.165, 1.54) is 4.90 Å². The first-order valence-corrected chi connectivity index (χ1v) is 11.2. The van der Waals surface area contributed by atoms with E-state index in [-0.39, 0.29) is 5.88 Å². The Morgan fingerprint density at radius 2 is 2.00 bits per heavy atom. The summed E-state index contributed by atoms with van der Waals surface area (Å²) in [4.78, 5) is 12.0. The Hall–Kier alpha value is -2.68. The first-order valence-electron chi connectivity index (χ1n) is 10.4. The molecule has 1 saturated heterocycles. The van der Waals surface area contributed by atoms with Crippen LogP contribution in [0.1, 0.15) is 11.1 Å². The van der Waals surface area contributed by atoms with Crippen molar-refractivity contribution in [3.8, 4) is 5.88 Å². The van der Waals surface area contributed by atoms with Gasteiger partial charge in [-0.25, -0.2) is 4.99 Å². The van der Waals surface area contributed by atoms with Crippen LogP contribution < -0.4 is 4.90 Å². The maximum Gasteiger partial charge on any atom is 0.201 e. The zero-order valence-corrected chi connectivity index (χ0v) is 18.9. The van der Waals surface area contributed by atoms with E-state index in [1.807, 2.05) is 49.5 Å². The molecule has 2 aliphatic rings. The number of fused-ring (bicyclic) bond motifs is 2. The molecule has 0 bridgehead atoms. The number of rotatable bonds is 5. The molecule has 3 aromatic rings. The Morgan fingerprint density at radius 1 is 1.19 bits per heavy atom. The summed E-state index contributed by atoms with van der Waals surface area (Å²) in [6, 6.07) is 13.8. The van der Waals surface area contributed by atoms with Gasteiger partial charge in [0.2, 0.25) is 5.88 Å². The monoisotopic (exact) mass is 483 g/mol. The number of morpholine rings is 1. The molecular formula is C23H24BrN4O3+. The van der Waals surface area contributed by atoms with E-state index in [2.05, 4.69) is 21.1 Å². The molecule has 2 aromatic carbocycles. The summed E-state index contributed by atoms with van der Waals surface area (Å²) in [6.45, 7) is 4.97. The van der Waals surface area contributed by atoms with Crippen molar-refractivity contribution in [1.29, 1.82) is 0 Å². The van der Waals surface area contributed by atoms with Crippen molar-refractivity contribution in [1.82, 2.24) is 4.57 Å². The number of hydrogen-bond donors (Lipinski definition) is 2. The lowest BCUT2D eigenvalue weighted by atomic mass is 10.0. The molecule has 7 nitrogen and oxygen atoms in total. The molecule has 5 rings (SSSR count). The van der Waals surface area contributed by atoms with Gasteiger partial charge >= 0.3 is 0 Å². The molecule has 3 heterocycles. The number of halogens is 1. The zero-order valence-electron chi connectivity index (χ0n) is 17.3. The van der Waals surface area contributed by atoms with Gasteiger partial charge in [-0.2, -0.15) is 0 Å². The van der Waals surface area contributed by atoms with Crippen LogP contribution in [0.25, 0.3) is 10.9 Å². The largest absolute Gasteiger partial charge is 0.494 e. The number of nitrogens with zero attached hydrogens (tertiary/aromatic N) is 3. The number of quaternary nitrogens is 1. The Bertz CT molecular complexity index is 1190. The highest BCUT2D eigenvalue weighted by Crippen LogP contribution is 2.39. The number of aromatic hydroxyl groups is 1. The standard InChI is InChI=1S/C23H23BrN4O3/c1-27-22-16(6-4-7-17(22)24)19(23(27)29)21-20(15-5-2-3-8-18(15)25-21)26-31-14-11-28-9-12-30-13-10-28/h2-8,29H,9-14H2,1H3/p+1/b26-20+. The van der Waals surface area contributed by atoms with Gasteiger partial charge in [-0.15, -0.1) is 0 Å². The molecule has 160 valence electrons. The highest BCUT2D eigenvalue weighted by molar-refractivity contribution is 9.10. The molecule has 0 spiro atoms. The average Bonchev–Trinajstić information content (AvgIpc) is 3.27. The summed E-state index contributed by atoms with van der Waals surface area (Å²) in [5.74, 6) is 0.152. The molecule has 8 heteroatoms. The second-order valence-corrected chi connectivity index (χ2v) is 8.61. The van der Waals surface area contributed by atoms with Crippen molar-refractivity contribution < 1.29 is 19.6 Å². The van der Waals surface area contributed by atoms with E-state index in [4.69, 9.17) is 14.6 Å². The van der Waals surface area contributed by atoms with E-state index in [9.17, 15) is 5.11 Å². The number of para-hydroxylation sites is 2. The molecule has 0 radical (unpaired) electrons. The third kappa shape index (κ3) is 3.64. The molecule has 1 aromatic heterocycles. The van der Waals surface area contributed by atoms with Crippen LogP contribution in [-0.2, 0) is 16.6 Å². The van der Waals surface area contributed by atoms with Gasteiger partial charge in [-0.05, 0) is 28.1 Å². The molecule has 2 N–H and O–H groups in total. The van der Waals surface area contributed by atoms with Crippen molar-refractivity contribution in [2.75, 3.05) is 39.5 Å². The number of nitrogens with one attached hydrogen (secondary N) is 1. The summed E-state index contributed by atoms with van der Waals surface area (Å²) in [6.07, 6.45) is 0. The quantitative estimate of drug-likeness (QED) is 0.432. The molecule has 0 unspecified atom stereocenters. The second-order valence-electron chi connectivity index (χ2n) is 7.76. The van der Waals surface area contributed by atoms with Crippen molar-refractivity contribution in [2.24, 2.45) is 17.2 Å². The number of ether oxygens (including phenoxy) is 1. The maximum atomic E-state index is 11.0. The van der Waals surface area contributed by atoms with Gasteiger partial charge in [0, 0.05) is 22.5 Å². The summed E-state index contributed by atoms with van der Waals surface area (Å²) >= 11 is 3.60. The SMILES string of the molecule is Cn1c(O)c(C2=Nc3ccccc3/C2=N\OCC[NH+]2CCOCC2)c2cccc(Br)c21. The van der Waals surface area contributed by atoms with Crippen LogP contribution in [0.2, 0.25) is 0 Å². The van der Waals surface area contributed by atoms with Crippen LogP contribution >= 0.6 is 15.9 Å². The number of benzene rings is 2. The average molecular weight is 484 g/mol. The van der Waals surface area contributed by atoms with Crippen molar-refractivity contribution in [3.63, 3.8) is 0 Å². The normalized spacial score (nSPS) is 17.9. The fourth-order valence-electron chi connectivity index (χ4n) is 4.23. The highest BCUT2D eigenvalue weighted by atomic mass is 79.9. The second kappa shape index (κ2) is 8.45. The highest BCUT2D eigenvalue weighted by Gasteiger charge is 2.30. The van der Waals surface area contributed by atoms with Gasteiger partial charge in [0.05, 0.1) is 30.0 Å². The fourth-order valence-corrected chi connectivity index (χ4v) is 4.87. The minimum absolute atomic E-state index is 0.152. The Kier molecular flexibility index (Phi) is 5.52. The van der Waals surface area contributed by atoms with Crippen LogP contribution in [0.5, 0.6) is 5.88 Å². The van der Waals surface area contributed by atoms with Gasteiger partial charge in [-0.1, -0.05) is 35.5 Å². The van der Waals surface area contributed by atoms with E-state index < -0.39 is 0 Å². The molecule has 31 heavy (non-hydrogen) atoms. The lowest BCUT2D eigenvalue weighted by Crippen LogP contribution is -3.14. The van der Waals surface area contributed by atoms with Crippen LogP contribution in [0.3, 0.4) is 0 Å². The topological polar surface area (TPSA) is 72.8 Å². The Labute approximate surface area is 188 Å². The van der Waals surface area contributed by atoms with E-state index >= 15 is 0 Å². The zero-order chi connectivity index (χ0) is 21.4. The van der Waals surface area contributed by atoms with Crippen LogP contribution in [0.15, 0.2) is 57.1 Å². The van der Waals surface area contributed by atoms with E-state index in [0.717, 1.165) is 59.5 Å². The van der Waals surface area contributed by atoms with E-state index in [0.29, 0.717) is 23.6 Å². The Balaban J connectivity index is 1.50. The molecule has 0 saturated carbocycles. The lowest BCUT2D eigenvalue weighted by Gasteiger charge is -2.22. The predicted molar refractivity (Wildman–Crippen MR) is 124 cm³/mol. The van der Waals surface area contributed by atoms with Crippen LogP contribution in [-0.4, -0.2) is 60.6 Å². The van der Waals surface area contributed by atoms with Gasteiger partial charge in [0.25, 0.3) is 0 Å². The van der Waals surface area contributed by atoms with Gasteiger partial charge in [0.15, 0.2) is 6.61 Å². The first-order chi connectivity index (χ1) is 15.1. The minimum Gasteiger partial charge on any atom is -0.494 e. The molecule has 0 atom stereocenters. The van der Waals surface area contributed by atoms with E-state index in [1.54, 1.807) is 4.57 Å². The molecule has 2 aliphatic heterocycles. The number of aryl methyl sites for hydroxylation is 1. The molecular weight excluding hydrogens is 460 g/mol. The number of oxime groups is 1. The van der Waals surface area contributed by atoms with Crippen molar-refractivity contribution >= 4 is 43.9 Å². The summed E-state index contributed by atoms with van der Waals surface area (Å²) in [7, 11) is 1.84. The third-order valence-electron chi connectivity index (χ3n) is 5.89. The minimum atomic E-state index is 0.152. The number of aromatic nitrogens is 1. The summed E-state index contributed by atoms with van der Waals surface area (Å²) < 4.78 is 8.09. The van der Waals surface area contributed by atoms with Crippen molar-refractivity contribution in [2.45, 2.75) is 0 Å².